The Labute approximate surface area is 257 Å². The Morgan fingerprint density at radius 3 is 2.60 bits per heavy atom. The van der Waals surface area contributed by atoms with Crippen LogP contribution in [0.4, 0.5) is 25.8 Å². The Morgan fingerprint density at radius 1 is 1.09 bits per heavy atom. The molecular weight excluding hydrogens is 593 g/mol. The average molecular weight is 622 g/mol. The highest BCUT2D eigenvalue weighted by molar-refractivity contribution is 6.36. The molecule has 4 N–H and O–H groups in total. The van der Waals surface area contributed by atoms with E-state index in [1.54, 1.807) is 18.2 Å². The number of halogens is 4. The highest BCUT2D eigenvalue weighted by atomic mass is 35.5. The van der Waals surface area contributed by atoms with Gasteiger partial charge in [0.2, 0.25) is 0 Å². The van der Waals surface area contributed by atoms with E-state index in [1.807, 2.05) is 12.3 Å². The zero-order chi connectivity index (χ0) is 30.1. The summed E-state index contributed by atoms with van der Waals surface area (Å²) in [4.78, 5) is 6.83. The van der Waals surface area contributed by atoms with Crippen molar-refractivity contribution in [3.05, 3.63) is 105 Å². The second-order valence-corrected chi connectivity index (χ2v) is 11.3. The smallest absolute Gasteiger partial charge is 0.141 e. The predicted molar refractivity (Wildman–Crippen MR) is 166 cm³/mol. The number of hydrazine groups is 2. The van der Waals surface area contributed by atoms with E-state index in [2.05, 4.69) is 49.5 Å². The van der Waals surface area contributed by atoms with Gasteiger partial charge in [0.1, 0.15) is 17.7 Å². The molecule has 8 nitrogen and oxygen atoms in total. The van der Waals surface area contributed by atoms with Gasteiger partial charge in [-0.2, -0.15) is 5.26 Å². The number of nitrogens with one attached hydrogen (secondary N) is 4. The molecule has 4 aromatic rings. The van der Waals surface area contributed by atoms with Crippen LogP contribution in [0.1, 0.15) is 30.5 Å². The Morgan fingerprint density at radius 2 is 1.88 bits per heavy atom. The second kappa shape index (κ2) is 12.2. The van der Waals surface area contributed by atoms with Crippen molar-refractivity contribution >= 4 is 51.2 Å². The summed E-state index contributed by atoms with van der Waals surface area (Å²) in [5.41, 5.74) is 10.6. The third-order valence-corrected chi connectivity index (χ3v) is 8.33. The first kappa shape index (κ1) is 29.0. The largest absolute Gasteiger partial charge is 0.373 e. The van der Waals surface area contributed by atoms with Gasteiger partial charge in [-0.1, -0.05) is 42.3 Å². The molecule has 0 aliphatic carbocycles. The highest BCUT2D eigenvalue weighted by Gasteiger charge is 2.30. The first-order valence-corrected chi connectivity index (χ1v) is 14.6. The molecule has 6 rings (SSSR count). The first-order valence-electron chi connectivity index (χ1n) is 13.8. The maximum Gasteiger partial charge on any atom is 0.141 e. The van der Waals surface area contributed by atoms with Gasteiger partial charge in [-0.05, 0) is 61.0 Å². The van der Waals surface area contributed by atoms with Crippen molar-refractivity contribution in [3.63, 3.8) is 0 Å². The van der Waals surface area contributed by atoms with Gasteiger partial charge in [-0.15, -0.1) is 5.53 Å². The number of nitrogens with zero attached hydrogens (tertiary/aromatic N) is 4. The maximum absolute atomic E-state index is 13.9. The molecule has 3 heterocycles. The summed E-state index contributed by atoms with van der Waals surface area (Å²) in [6.07, 6.45) is 4.50. The van der Waals surface area contributed by atoms with Crippen molar-refractivity contribution in [2.45, 2.75) is 25.4 Å². The molecule has 1 saturated heterocycles. The summed E-state index contributed by atoms with van der Waals surface area (Å²) >= 11 is 12.7. The van der Waals surface area contributed by atoms with Crippen molar-refractivity contribution in [2.75, 3.05) is 30.3 Å². The monoisotopic (exact) mass is 620 g/mol. The number of benzene rings is 3. The normalized spacial score (nSPS) is 17.4. The minimum Gasteiger partial charge on any atom is -0.373 e. The number of nitriles is 1. The fraction of sp³-hybridized carbons (Fsp3) is 0.226. The molecule has 1 unspecified atom stereocenters. The van der Waals surface area contributed by atoms with Gasteiger partial charge in [-0.3, -0.25) is 9.99 Å². The van der Waals surface area contributed by atoms with Gasteiger partial charge in [0, 0.05) is 42.2 Å². The summed E-state index contributed by atoms with van der Waals surface area (Å²) in [6.45, 7) is 5.15. The van der Waals surface area contributed by atoms with E-state index in [0.717, 1.165) is 37.3 Å². The topological polar surface area (TPSA) is 91.3 Å². The minimum atomic E-state index is -0.549. The molecule has 2 aliphatic heterocycles. The zero-order valence-corrected chi connectivity index (χ0v) is 24.6. The van der Waals surface area contributed by atoms with Crippen molar-refractivity contribution < 1.29 is 8.78 Å². The molecule has 220 valence electrons. The van der Waals surface area contributed by atoms with Crippen molar-refractivity contribution in [2.24, 2.45) is 0 Å². The molecule has 0 bridgehead atoms. The van der Waals surface area contributed by atoms with Gasteiger partial charge < -0.3 is 21.0 Å². The fourth-order valence-electron chi connectivity index (χ4n) is 5.46. The van der Waals surface area contributed by atoms with Crippen LogP contribution in [0.15, 0.2) is 72.7 Å². The number of pyridine rings is 1. The quantitative estimate of drug-likeness (QED) is 0.170. The van der Waals surface area contributed by atoms with Crippen LogP contribution < -0.4 is 21.6 Å². The zero-order valence-electron chi connectivity index (χ0n) is 23.1. The van der Waals surface area contributed by atoms with Gasteiger partial charge in [0.25, 0.3) is 0 Å². The van der Waals surface area contributed by atoms with Gasteiger partial charge in [-0.25, -0.2) is 8.78 Å². The summed E-state index contributed by atoms with van der Waals surface area (Å²) in [5.74, 6) is -0.881. The highest BCUT2D eigenvalue weighted by Crippen LogP contribution is 2.37. The Kier molecular flexibility index (Phi) is 8.23. The third kappa shape index (κ3) is 6.03. The molecule has 0 amide bonds. The molecular formula is C31H28Cl2F2N8. The maximum atomic E-state index is 13.9. The number of hydrogen-bond donors (Lipinski definition) is 4. The van der Waals surface area contributed by atoms with Crippen LogP contribution in [0, 0.1) is 23.0 Å². The van der Waals surface area contributed by atoms with Crippen LogP contribution in [-0.4, -0.2) is 40.6 Å². The Balaban J connectivity index is 1.38. The van der Waals surface area contributed by atoms with E-state index >= 15 is 0 Å². The predicted octanol–water partition coefficient (Wildman–Crippen LogP) is 6.85. The average Bonchev–Trinajstić information content (AvgIpc) is 3.69. The molecule has 3 aromatic carbocycles. The summed E-state index contributed by atoms with van der Waals surface area (Å²) in [6, 6.07) is 16.2. The Bertz CT molecular complexity index is 1740. The number of anilines is 3. The molecule has 43 heavy (non-hydrogen) atoms. The van der Waals surface area contributed by atoms with E-state index in [1.165, 1.54) is 36.5 Å². The van der Waals surface area contributed by atoms with Crippen LogP contribution in [0.25, 0.3) is 10.9 Å². The van der Waals surface area contributed by atoms with Crippen LogP contribution in [0.3, 0.4) is 0 Å². The number of hydrogen-bond acceptors (Lipinski definition) is 8. The first-order chi connectivity index (χ1) is 20.8. The summed E-state index contributed by atoms with van der Waals surface area (Å²) in [7, 11) is 0. The standard InChI is InChI=1S/C31H28Cl2F2N8/c1-2-42-10-9-23(16-42)43-17-28(40-41-43)30(18-3-5-20(34)6-4-18)39-22-11-24-29(38-21-7-8-27(35)25(32)12-21)19(14-36)15-37-31(24)26(33)13-22/h3-8,11-13,15,17,23,30,39-41H,2,9-10,16H2,1H3,(H,37,38)/t23-,30?/m0/s1. The van der Waals surface area contributed by atoms with Gasteiger partial charge in [0.15, 0.2) is 0 Å². The lowest BCUT2D eigenvalue weighted by Crippen LogP contribution is -2.44. The van der Waals surface area contributed by atoms with Crippen molar-refractivity contribution in [3.8, 4) is 6.07 Å². The van der Waals surface area contributed by atoms with Crippen LogP contribution in [0.5, 0.6) is 0 Å². The lowest BCUT2D eigenvalue weighted by atomic mass is 10.0. The van der Waals surface area contributed by atoms with E-state index in [-0.39, 0.29) is 16.4 Å². The number of likely N-dealkylation sites (tertiary alicyclic amines) is 1. The number of fused-ring (bicyclic) bond motifs is 1. The molecule has 2 atom stereocenters. The third-order valence-electron chi connectivity index (χ3n) is 7.76. The minimum absolute atomic E-state index is 0.0515. The molecule has 12 heteroatoms. The van der Waals surface area contributed by atoms with E-state index < -0.39 is 11.9 Å². The molecule has 1 fully saturated rings. The van der Waals surface area contributed by atoms with E-state index in [0.29, 0.717) is 39.0 Å². The van der Waals surface area contributed by atoms with Crippen molar-refractivity contribution in [1.82, 2.24) is 25.9 Å². The molecule has 0 saturated carbocycles. The lowest BCUT2D eigenvalue weighted by molar-refractivity contribution is 0.193. The summed E-state index contributed by atoms with van der Waals surface area (Å²) in [5, 5.41) is 19.6. The van der Waals surface area contributed by atoms with E-state index in [4.69, 9.17) is 23.2 Å². The van der Waals surface area contributed by atoms with Crippen LogP contribution in [0.2, 0.25) is 10.0 Å². The van der Waals surface area contributed by atoms with Crippen molar-refractivity contribution in [1.29, 1.82) is 5.26 Å². The van der Waals surface area contributed by atoms with Crippen LogP contribution in [-0.2, 0) is 0 Å². The molecule has 0 radical (unpaired) electrons. The molecule has 0 spiro atoms. The summed E-state index contributed by atoms with van der Waals surface area (Å²) < 4.78 is 27.7. The van der Waals surface area contributed by atoms with Crippen LogP contribution >= 0.6 is 23.2 Å². The van der Waals surface area contributed by atoms with Gasteiger partial charge in [0.05, 0.1) is 44.6 Å². The fourth-order valence-corrected chi connectivity index (χ4v) is 5.91. The second-order valence-electron chi connectivity index (χ2n) is 10.5. The SMILES string of the molecule is CCN1CC[C@H](N2C=C(C(Nc3cc(Cl)c4ncc(C#N)c(Nc5ccc(F)c(Cl)c5)c4c3)c3ccc(F)cc3)NN2)C1. The molecule has 1 aromatic heterocycles. The number of likely N-dealkylation sites (N-methyl/N-ethyl adjacent to an activating group) is 1. The van der Waals surface area contributed by atoms with Gasteiger partial charge >= 0.3 is 0 Å². The lowest BCUT2D eigenvalue weighted by Gasteiger charge is -2.23. The number of aromatic nitrogens is 1. The molecule has 2 aliphatic rings. The number of rotatable bonds is 8. The Hall–Kier alpha value is -4.14. The van der Waals surface area contributed by atoms with E-state index in [9.17, 15) is 14.0 Å².